The molecule has 0 aliphatic heterocycles. The van der Waals surface area contributed by atoms with E-state index in [1.165, 1.54) is 0 Å². The van der Waals surface area contributed by atoms with Crippen molar-refractivity contribution in [2.45, 2.75) is 5.75 Å². The van der Waals surface area contributed by atoms with Crippen LogP contribution >= 0.6 is 11.8 Å². The van der Waals surface area contributed by atoms with Crippen LogP contribution in [0.1, 0.15) is 5.69 Å². The van der Waals surface area contributed by atoms with Crippen molar-refractivity contribution in [3.63, 3.8) is 0 Å². The van der Waals surface area contributed by atoms with E-state index in [1.54, 1.807) is 36.3 Å². The number of hydrogen-bond acceptors (Lipinski definition) is 5. The lowest BCUT2D eigenvalue weighted by Gasteiger charge is -2.05. The summed E-state index contributed by atoms with van der Waals surface area (Å²) in [5, 5.41) is 23.3. The average molecular weight is 289 g/mol. The molecular weight excluding hydrogens is 274 g/mol. The van der Waals surface area contributed by atoms with Gasteiger partial charge in [-0.25, -0.2) is 0 Å². The number of aromatic hydroxyl groups is 1. The Morgan fingerprint density at radius 2 is 2.45 bits per heavy atom. The number of nitriles is 1. The second kappa shape index (κ2) is 9.54. The maximum absolute atomic E-state index is 9.54. The van der Waals surface area contributed by atoms with Crippen molar-refractivity contribution in [1.82, 2.24) is 15.6 Å². The van der Waals surface area contributed by atoms with E-state index in [1.807, 2.05) is 0 Å². The van der Waals surface area contributed by atoms with E-state index in [4.69, 9.17) is 11.7 Å². The molecule has 0 aromatic carbocycles. The predicted molar refractivity (Wildman–Crippen MR) is 80.0 cm³/mol. The van der Waals surface area contributed by atoms with Gasteiger partial charge >= 0.3 is 0 Å². The number of hydrogen-bond donors (Lipinski definition) is 3. The highest BCUT2D eigenvalue weighted by Gasteiger charge is 2.01. The molecule has 0 bridgehead atoms. The zero-order chi connectivity index (χ0) is 14.6. The molecule has 7 heteroatoms. The van der Waals surface area contributed by atoms with Gasteiger partial charge in [-0.2, -0.15) is 17.0 Å². The molecule has 1 aromatic heterocycles. The van der Waals surface area contributed by atoms with Gasteiger partial charge < -0.3 is 10.4 Å². The van der Waals surface area contributed by atoms with Crippen molar-refractivity contribution in [2.75, 3.05) is 18.8 Å². The van der Waals surface area contributed by atoms with Gasteiger partial charge in [0.15, 0.2) is 6.19 Å². The first-order chi connectivity index (χ1) is 9.77. The molecule has 0 unspecified atom stereocenters. The van der Waals surface area contributed by atoms with E-state index in [0.29, 0.717) is 30.5 Å². The quantitative estimate of drug-likeness (QED) is 0.178. The SMILES string of the molecule is C#CCNC(=NCCSCc1ncccc1O)NC#N. The van der Waals surface area contributed by atoms with E-state index in [-0.39, 0.29) is 5.75 Å². The molecule has 0 spiro atoms. The van der Waals surface area contributed by atoms with Gasteiger partial charge in [0.05, 0.1) is 18.8 Å². The number of guanidine groups is 1. The molecule has 0 saturated carbocycles. The number of nitrogens with one attached hydrogen (secondary N) is 2. The zero-order valence-electron chi connectivity index (χ0n) is 10.8. The Morgan fingerprint density at radius 1 is 1.60 bits per heavy atom. The van der Waals surface area contributed by atoms with Crippen molar-refractivity contribution >= 4 is 17.7 Å². The summed E-state index contributed by atoms with van der Waals surface area (Å²) in [4.78, 5) is 8.26. The van der Waals surface area contributed by atoms with E-state index in [0.717, 1.165) is 5.75 Å². The second-order valence-electron chi connectivity index (χ2n) is 3.55. The lowest BCUT2D eigenvalue weighted by atomic mass is 10.3. The average Bonchev–Trinajstić information content (AvgIpc) is 2.46. The Hall–Kier alpha value is -2.38. The highest BCUT2D eigenvalue weighted by Crippen LogP contribution is 2.18. The zero-order valence-corrected chi connectivity index (χ0v) is 11.7. The number of aliphatic imine (C=N–C) groups is 1. The molecule has 0 aliphatic carbocycles. The summed E-state index contributed by atoms with van der Waals surface area (Å²) in [5.41, 5.74) is 0.655. The largest absolute Gasteiger partial charge is 0.506 e. The van der Waals surface area contributed by atoms with Crippen LogP contribution in [0.4, 0.5) is 0 Å². The Kier molecular flexibility index (Phi) is 7.48. The Balaban J connectivity index is 2.31. The number of pyridine rings is 1. The van der Waals surface area contributed by atoms with Crippen LogP contribution in [0.25, 0.3) is 0 Å². The van der Waals surface area contributed by atoms with E-state index in [2.05, 4.69) is 26.5 Å². The van der Waals surface area contributed by atoms with Crippen LogP contribution in [0.3, 0.4) is 0 Å². The Morgan fingerprint density at radius 3 is 3.15 bits per heavy atom. The summed E-state index contributed by atoms with van der Waals surface area (Å²) in [6.07, 6.45) is 8.55. The van der Waals surface area contributed by atoms with Crippen LogP contribution in [0.5, 0.6) is 5.75 Å². The van der Waals surface area contributed by atoms with Gasteiger partial charge in [0.1, 0.15) is 5.75 Å². The number of terminal acetylenes is 1. The molecule has 0 fully saturated rings. The van der Waals surface area contributed by atoms with Gasteiger partial charge in [-0.1, -0.05) is 5.92 Å². The fourth-order valence-corrected chi connectivity index (χ4v) is 2.04. The third-order valence-corrected chi connectivity index (χ3v) is 3.09. The summed E-state index contributed by atoms with van der Waals surface area (Å²) in [6, 6.07) is 3.30. The van der Waals surface area contributed by atoms with Crippen molar-refractivity contribution < 1.29 is 5.11 Å². The molecule has 0 radical (unpaired) electrons. The molecule has 3 N–H and O–H groups in total. The van der Waals surface area contributed by atoms with Gasteiger partial charge in [0, 0.05) is 17.7 Å². The normalized spacial score (nSPS) is 10.4. The first-order valence-electron chi connectivity index (χ1n) is 5.85. The number of rotatable bonds is 6. The summed E-state index contributed by atoms with van der Waals surface area (Å²) >= 11 is 1.60. The topological polar surface area (TPSA) is 93.3 Å². The third-order valence-electron chi connectivity index (χ3n) is 2.14. The van der Waals surface area contributed by atoms with Crippen LogP contribution in [-0.2, 0) is 5.75 Å². The molecule has 104 valence electrons. The fraction of sp³-hybridized carbons (Fsp3) is 0.308. The van der Waals surface area contributed by atoms with Crippen molar-refractivity contribution in [2.24, 2.45) is 4.99 Å². The minimum Gasteiger partial charge on any atom is -0.506 e. The van der Waals surface area contributed by atoms with E-state index >= 15 is 0 Å². The van der Waals surface area contributed by atoms with E-state index in [9.17, 15) is 5.11 Å². The number of nitrogens with zero attached hydrogens (tertiary/aromatic N) is 3. The van der Waals surface area contributed by atoms with Crippen LogP contribution in [0.15, 0.2) is 23.3 Å². The molecule has 0 saturated heterocycles. The smallest absolute Gasteiger partial charge is 0.205 e. The maximum Gasteiger partial charge on any atom is 0.205 e. The third kappa shape index (κ3) is 5.98. The molecular formula is C13H15N5OS. The lowest BCUT2D eigenvalue weighted by molar-refractivity contribution is 0.467. The van der Waals surface area contributed by atoms with Gasteiger partial charge in [-0.05, 0) is 12.1 Å². The lowest BCUT2D eigenvalue weighted by Crippen LogP contribution is -2.34. The van der Waals surface area contributed by atoms with Crippen LogP contribution in [-0.4, -0.2) is 34.9 Å². The fourth-order valence-electron chi connectivity index (χ4n) is 1.26. The molecule has 6 nitrogen and oxygen atoms in total. The molecule has 0 atom stereocenters. The maximum atomic E-state index is 9.54. The molecule has 20 heavy (non-hydrogen) atoms. The summed E-state index contributed by atoms with van der Waals surface area (Å²) in [7, 11) is 0. The van der Waals surface area contributed by atoms with Crippen molar-refractivity contribution in [1.29, 1.82) is 5.26 Å². The monoisotopic (exact) mass is 289 g/mol. The van der Waals surface area contributed by atoms with Gasteiger partial charge in [-0.3, -0.25) is 15.3 Å². The second-order valence-corrected chi connectivity index (χ2v) is 4.65. The van der Waals surface area contributed by atoms with Gasteiger partial charge in [-0.15, -0.1) is 6.42 Å². The first-order valence-corrected chi connectivity index (χ1v) is 7.01. The predicted octanol–water partition coefficient (Wildman–Crippen LogP) is 0.670. The minimum atomic E-state index is 0.200. The highest BCUT2D eigenvalue weighted by molar-refractivity contribution is 7.98. The summed E-state index contributed by atoms with van der Waals surface area (Å²) in [6.45, 7) is 0.836. The Labute approximate surface area is 122 Å². The summed E-state index contributed by atoms with van der Waals surface area (Å²) in [5.74, 6) is 4.32. The van der Waals surface area contributed by atoms with Crippen LogP contribution < -0.4 is 10.6 Å². The van der Waals surface area contributed by atoms with Crippen LogP contribution in [0.2, 0.25) is 0 Å². The number of thioether (sulfide) groups is 1. The highest BCUT2D eigenvalue weighted by atomic mass is 32.2. The van der Waals surface area contributed by atoms with Crippen molar-refractivity contribution in [3.8, 4) is 24.3 Å². The van der Waals surface area contributed by atoms with Crippen LogP contribution in [0, 0.1) is 23.8 Å². The summed E-state index contributed by atoms with van der Waals surface area (Å²) < 4.78 is 0. The first kappa shape index (κ1) is 15.7. The molecule has 1 rings (SSSR count). The van der Waals surface area contributed by atoms with Gasteiger partial charge in [0.25, 0.3) is 0 Å². The van der Waals surface area contributed by atoms with Gasteiger partial charge in [0.2, 0.25) is 5.96 Å². The molecule has 1 aromatic rings. The van der Waals surface area contributed by atoms with Crippen molar-refractivity contribution in [3.05, 3.63) is 24.0 Å². The standard InChI is InChI=1S/C13H15N5OS/c1-2-5-16-13(18-10-14)17-7-8-20-9-11-12(19)4-3-6-15-11/h1,3-4,6,19H,5,7-9H2,(H2,16,17,18). The minimum absolute atomic E-state index is 0.200. The molecule has 1 heterocycles. The Bertz CT molecular complexity index is 532. The van der Waals surface area contributed by atoms with E-state index < -0.39 is 0 Å². The molecule has 0 amide bonds. The number of aromatic nitrogens is 1. The molecule has 0 aliphatic rings.